The maximum atomic E-state index is 12.8. The van der Waals surface area contributed by atoms with Crippen LogP contribution in [-0.4, -0.2) is 63.7 Å². The highest BCUT2D eigenvalue weighted by atomic mass is 35.5. The van der Waals surface area contributed by atoms with E-state index in [1.165, 1.54) is 6.33 Å². The first-order chi connectivity index (χ1) is 20.0. The van der Waals surface area contributed by atoms with Crippen molar-refractivity contribution >= 4 is 45.6 Å². The largest absolute Gasteiger partial charge is 0.488 e. The number of ether oxygens (including phenoxy) is 2. The summed E-state index contributed by atoms with van der Waals surface area (Å²) < 4.78 is 11.8. The van der Waals surface area contributed by atoms with Crippen molar-refractivity contribution in [3.63, 3.8) is 0 Å². The number of aromatic nitrogens is 3. The lowest BCUT2D eigenvalue weighted by Gasteiger charge is -2.17. The Bertz CT molecular complexity index is 1530. The zero-order valence-corrected chi connectivity index (χ0v) is 23.3. The Balaban J connectivity index is 1.39. The van der Waals surface area contributed by atoms with Gasteiger partial charge in [-0.25, -0.2) is 9.97 Å². The first-order valence-electron chi connectivity index (χ1n) is 13.3. The fourth-order valence-corrected chi connectivity index (χ4v) is 4.87. The molecule has 0 radical (unpaired) electrons. The van der Waals surface area contributed by atoms with E-state index in [0.717, 1.165) is 25.1 Å². The number of aliphatic hydroxyl groups is 1. The molecule has 0 bridgehead atoms. The number of anilines is 3. The minimum atomic E-state index is -0.280. The van der Waals surface area contributed by atoms with Crippen molar-refractivity contribution in [2.75, 3.05) is 37.4 Å². The van der Waals surface area contributed by atoms with Crippen LogP contribution in [0.3, 0.4) is 0 Å². The molecular weight excluding hydrogens is 544 g/mol. The van der Waals surface area contributed by atoms with E-state index in [4.69, 9.17) is 21.1 Å². The van der Waals surface area contributed by atoms with Crippen molar-refractivity contribution in [1.29, 1.82) is 0 Å². The standard InChI is InChI=1S/C30H31ClN6O4/c1-37-14-4-6-22(37)8-12-27(39)36-25-10-9-24-28(29(25)40-16-15-38)30(34-19-33-24)35-20-7-11-26(23(31)17-20)41-18-21-5-2-3-13-32-21/h2-3,5,7-13,17,19,22,38H,4,6,14-16,18H2,1H3,(H,36,39)(H,33,34,35)/b12-8+. The molecule has 3 N–H and O–H groups in total. The van der Waals surface area contributed by atoms with Crippen molar-refractivity contribution < 1.29 is 19.4 Å². The number of amides is 1. The third-order valence-electron chi connectivity index (χ3n) is 6.69. The number of carbonyl (C=O) groups is 1. The predicted molar refractivity (Wildman–Crippen MR) is 159 cm³/mol. The Morgan fingerprint density at radius 2 is 2.07 bits per heavy atom. The van der Waals surface area contributed by atoms with Crippen molar-refractivity contribution in [2.24, 2.45) is 0 Å². The van der Waals surface area contributed by atoms with Gasteiger partial charge in [-0.05, 0) is 68.9 Å². The quantitative estimate of drug-likeness (QED) is 0.213. The summed E-state index contributed by atoms with van der Waals surface area (Å²) in [7, 11) is 2.05. The number of nitrogens with zero attached hydrogens (tertiary/aromatic N) is 4. The van der Waals surface area contributed by atoms with Crippen LogP contribution < -0.4 is 20.1 Å². The van der Waals surface area contributed by atoms with Gasteiger partial charge in [-0.15, -0.1) is 0 Å². The first kappa shape index (κ1) is 28.3. The van der Waals surface area contributed by atoms with Gasteiger partial charge in [-0.1, -0.05) is 23.7 Å². The second-order valence-corrected chi connectivity index (χ2v) is 9.96. The van der Waals surface area contributed by atoms with E-state index in [1.54, 1.807) is 36.5 Å². The second-order valence-electron chi connectivity index (χ2n) is 9.55. The molecular formula is C30H31ClN6O4. The van der Waals surface area contributed by atoms with Crippen LogP contribution in [-0.2, 0) is 11.4 Å². The number of fused-ring (bicyclic) bond motifs is 1. The molecule has 1 amide bonds. The minimum absolute atomic E-state index is 0.0210. The summed E-state index contributed by atoms with van der Waals surface area (Å²) in [5.74, 6) is 1.03. The van der Waals surface area contributed by atoms with Gasteiger partial charge in [0, 0.05) is 24.0 Å². The van der Waals surface area contributed by atoms with Crippen LogP contribution in [0.4, 0.5) is 17.2 Å². The van der Waals surface area contributed by atoms with Gasteiger partial charge in [0.1, 0.15) is 31.1 Å². The molecule has 1 atom stereocenters. The molecule has 10 nitrogen and oxygen atoms in total. The van der Waals surface area contributed by atoms with E-state index in [-0.39, 0.29) is 31.8 Å². The van der Waals surface area contributed by atoms with Crippen LogP contribution in [0.15, 0.2) is 73.2 Å². The molecule has 11 heteroatoms. The molecule has 1 unspecified atom stereocenters. The summed E-state index contributed by atoms with van der Waals surface area (Å²) in [6.45, 7) is 1.12. The van der Waals surface area contributed by atoms with E-state index in [0.29, 0.717) is 44.6 Å². The number of aliphatic hydroxyl groups excluding tert-OH is 1. The topological polar surface area (TPSA) is 122 Å². The average molecular weight is 575 g/mol. The van der Waals surface area contributed by atoms with Gasteiger partial charge in [-0.2, -0.15) is 0 Å². The van der Waals surface area contributed by atoms with Gasteiger partial charge in [0.25, 0.3) is 0 Å². The van der Waals surface area contributed by atoms with Gasteiger partial charge in [0.05, 0.1) is 33.9 Å². The Labute approximate surface area is 243 Å². The van der Waals surface area contributed by atoms with E-state index in [1.807, 2.05) is 30.3 Å². The molecule has 1 fully saturated rings. The van der Waals surface area contributed by atoms with Crippen LogP contribution in [0, 0.1) is 0 Å². The van der Waals surface area contributed by atoms with E-state index >= 15 is 0 Å². The van der Waals surface area contributed by atoms with Crippen LogP contribution in [0.5, 0.6) is 11.5 Å². The van der Waals surface area contributed by atoms with Crippen LogP contribution in [0.2, 0.25) is 5.02 Å². The third kappa shape index (κ3) is 7.10. The van der Waals surface area contributed by atoms with Crippen molar-refractivity contribution in [3.8, 4) is 11.5 Å². The number of likely N-dealkylation sites (N-methyl/N-ethyl adjacent to an activating group) is 1. The summed E-state index contributed by atoms with van der Waals surface area (Å²) in [4.78, 5) is 28.1. The monoisotopic (exact) mass is 574 g/mol. The molecule has 1 aliphatic heterocycles. The lowest BCUT2D eigenvalue weighted by molar-refractivity contribution is -0.112. The SMILES string of the molecule is CN1CCCC1/C=C/C(=O)Nc1ccc2ncnc(Nc3ccc(OCc4ccccn4)c(Cl)c3)c2c1OCCO. The Kier molecular flexibility index (Phi) is 9.25. The highest BCUT2D eigenvalue weighted by molar-refractivity contribution is 6.32. The van der Waals surface area contributed by atoms with Crippen LogP contribution in [0.25, 0.3) is 10.9 Å². The molecule has 1 aliphatic rings. The molecule has 5 rings (SSSR count). The smallest absolute Gasteiger partial charge is 0.248 e. The van der Waals surface area contributed by atoms with Crippen molar-refractivity contribution in [3.05, 3.63) is 83.9 Å². The Morgan fingerprint density at radius 1 is 1.17 bits per heavy atom. The fourth-order valence-electron chi connectivity index (χ4n) is 4.63. The summed E-state index contributed by atoms with van der Waals surface area (Å²) >= 11 is 6.52. The molecule has 0 aliphatic carbocycles. The number of nitrogens with one attached hydrogen (secondary N) is 2. The molecule has 2 aromatic carbocycles. The van der Waals surface area contributed by atoms with Gasteiger partial charge < -0.3 is 25.2 Å². The first-order valence-corrected chi connectivity index (χ1v) is 13.7. The summed E-state index contributed by atoms with van der Waals surface area (Å²) in [5, 5.41) is 16.6. The number of carbonyl (C=O) groups excluding carboxylic acids is 1. The van der Waals surface area contributed by atoms with Crippen LogP contribution in [0.1, 0.15) is 18.5 Å². The maximum Gasteiger partial charge on any atom is 0.248 e. The lowest BCUT2D eigenvalue weighted by Crippen LogP contribution is -2.23. The summed E-state index contributed by atoms with van der Waals surface area (Å²) in [6, 6.07) is 14.7. The molecule has 2 aromatic heterocycles. The Morgan fingerprint density at radius 3 is 2.83 bits per heavy atom. The minimum Gasteiger partial charge on any atom is -0.488 e. The Hall–Kier alpha value is -4.25. The predicted octanol–water partition coefficient (Wildman–Crippen LogP) is 4.96. The van der Waals surface area contributed by atoms with E-state index in [2.05, 4.69) is 37.5 Å². The van der Waals surface area contributed by atoms with Gasteiger partial charge >= 0.3 is 0 Å². The van der Waals surface area contributed by atoms with Gasteiger partial charge in [0.2, 0.25) is 5.91 Å². The number of hydrogen-bond acceptors (Lipinski definition) is 9. The molecule has 0 saturated carbocycles. The lowest BCUT2D eigenvalue weighted by atomic mass is 10.1. The summed E-state index contributed by atoms with van der Waals surface area (Å²) in [6.07, 6.45) is 8.74. The van der Waals surface area contributed by atoms with Crippen molar-refractivity contribution in [2.45, 2.75) is 25.5 Å². The molecule has 41 heavy (non-hydrogen) atoms. The average Bonchev–Trinajstić information content (AvgIpc) is 3.40. The number of rotatable bonds is 11. The third-order valence-corrected chi connectivity index (χ3v) is 6.99. The van der Waals surface area contributed by atoms with Crippen LogP contribution >= 0.6 is 11.6 Å². The van der Waals surface area contributed by atoms with Gasteiger partial charge in [-0.3, -0.25) is 14.7 Å². The number of likely N-dealkylation sites (tertiary alicyclic amines) is 1. The van der Waals surface area contributed by atoms with Crippen molar-refractivity contribution in [1.82, 2.24) is 19.9 Å². The number of benzene rings is 2. The number of hydrogen-bond donors (Lipinski definition) is 3. The highest BCUT2D eigenvalue weighted by Crippen LogP contribution is 2.38. The number of pyridine rings is 1. The fraction of sp³-hybridized carbons (Fsp3) is 0.267. The zero-order chi connectivity index (χ0) is 28.6. The summed E-state index contributed by atoms with van der Waals surface area (Å²) in [5.41, 5.74) is 2.48. The molecule has 3 heterocycles. The van der Waals surface area contributed by atoms with Gasteiger partial charge in [0.15, 0.2) is 5.75 Å². The normalized spacial score (nSPS) is 15.3. The van der Waals surface area contributed by atoms with E-state index < -0.39 is 0 Å². The second kappa shape index (κ2) is 13.4. The maximum absolute atomic E-state index is 12.8. The number of halogens is 1. The molecule has 212 valence electrons. The zero-order valence-electron chi connectivity index (χ0n) is 22.6. The molecule has 4 aromatic rings. The molecule has 1 saturated heterocycles. The highest BCUT2D eigenvalue weighted by Gasteiger charge is 2.19. The van der Waals surface area contributed by atoms with E-state index in [9.17, 15) is 9.90 Å². The molecule has 0 spiro atoms.